The van der Waals surface area contributed by atoms with E-state index in [1.165, 1.54) is 13.2 Å². The molecule has 0 fully saturated rings. The van der Waals surface area contributed by atoms with Crippen molar-refractivity contribution in [3.8, 4) is 5.75 Å². The number of methoxy groups -OCH3 is 1. The predicted octanol–water partition coefficient (Wildman–Crippen LogP) is 2.52. The maximum Gasteiger partial charge on any atom is 0.233 e. The third-order valence-corrected chi connectivity index (χ3v) is 3.38. The van der Waals surface area contributed by atoms with Crippen LogP contribution in [0.2, 0.25) is 0 Å². The lowest BCUT2D eigenvalue weighted by molar-refractivity contribution is -0.126. The smallest absolute Gasteiger partial charge is 0.233 e. The summed E-state index contributed by atoms with van der Waals surface area (Å²) in [6, 6.07) is 13.3. The Bertz CT molecular complexity index is 719. The van der Waals surface area contributed by atoms with E-state index in [1.54, 1.807) is 42.5 Å². The third-order valence-electron chi connectivity index (χ3n) is 3.38. The Kier molecular flexibility index (Phi) is 6.31. The van der Waals surface area contributed by atoms with Crippen LogP contribution in [-0.4, -0.2) is 25.5 Å². The van der Waals surface area contributed by atoms with Gasteiger partial charge in [-0.05, 0) is 30.2 Å². The first kappa shape index (κ1) is 17.5. The highest BCUT2D eigenvalue weighted by Gasteiger charge is 2.11. The summed E-state index contributed by atoms with van der Waals surface area (Å²) in [4.78, 5) is 23.7. The van der Waals surface area contributed by atoms with Crippen molar-refractivity contribution in [3.05, 3.63) is 59.9 Å². The van der Waals surface area contributed by atoms with Crippen LogP contribution in [-0.2, 0) is 16.0 Å². The Morgan fingerprint density at radius 1 is 1.04 bits per heavy atom. The highest BCUT2D eigenvalue weighted by Crippen LogP contribution is 2.22. The first-order chi connectivity index (χ1) is 11.6. The second kappa shape index (κ2) is 8.67. The normalized spacial score (nSPS) is 10.1. The summed E-state index contributed by atoms with van der Waals surface area (Å²) in [5.41, 5.74) is 1.03. The number of hydrogen-bond acceptors (Lipinski definition) is 3. The number of hydrogen-bond donors (Lipinski definition) is 2. The van der Waals surface area contributed by atoms with Crippen molar-refractivity contribution in [1.29, 1.82) is 0 Å². The van der Waals surface area contributed by atoms with E-state index in [9.17, 15) is 14.0 Å². The van der Waals surface area contributed by atoms with Gasteiger partial charge < -0.3 is 15.4 Å². The van der Waals surface area contributed by atoms with Gasteiger partial charge in [-0.3, -0.25) is 9.59 Å². The summed E-state index contributed by atoms with van der Waals surface area (Å²) in [6.45, 7) is 0.266. The van der Waals surface area contributed by atoms with E-state index < -0.39 is 11.8 Å². The molecule has 0 heterocycles. The average Bonchev–Trinajstić information content (AvgIpc) is 2.57. The summed E-state index contributed by atoms with van der Waals surface area (Å²) in [6.07, 6.45) is 0.0574. The van der Waals surface area contributed by atoms with Crippen LogP contribution in [0.3, 0.4) is 0 Å². The van der Waals surface area contributed by atoms with Crippen LogP contribution in [0.5, 0.6) is 5.75 Å². The predicted molar refractivity (Wildman–Crippen MR) is 89.4 cm³/mol. The first-order valence-electron chi connectivity index (χ1n) is 7.53. The molecule has 0 aliphatic rings. The molecule has 0 radical (unpaired) electrons. The minimum absolute atomic E-state index is 0.266. The number of amides is 2. The van der Waals surface area contributed by atoms with Gasteiger partial charge in [0.05, 0.1) is 12.8 Å². The molecule has 0 aromatic heterocycles. The van der Waals surface area contributed by atoms with Crippen molar-refractivity contribution in [2.45, 2.75) is 12.8 Å². The molecule has 2 aromatic carbocycles. The van der Waals surface area contributed by atoms with Crippen LogP contribution in [0.15, 0.2) is 48.5 Å². The maximum atomic E-state index is 13.4. The fourth-order valence-electron chi connectivity index (χ4n) is 2.19. The molecular weight excluding hydrogens is 311 g/mol. The number of para-hydroxylation sites is 2. The number of carbonyl (C=O) groups excluding carboxylic acids is 2. The van der Waals surface area contributed by atoms with Crippen LogP contribution in [0.25, 0.3) is 0 Å². The molecule has 0 saturated carbocycles. The lowest BCUT2D eigenvalue weighted by atomic mass is 10.1. The molecule has 0 aliphatic carbocycles. The standard InChI is InChI=1S/C18H19FN2O3/c1-24-16-9-5-4-8-15(16)21-18(23)12-17(22)20-11-10-13-6-2-3-7-14(13)19/h2-9H,10-12H2,1H3,(H,20,22)(H,21,23). The van der Waals surface area contributed by atoms with Crippen LogP contribution < -0.4 is 15.4 Å². The molecule has 24 heavy (non-hydrogen) atoms. The summed E-state index contributed by atoms with van der Waals surface area (Å²) in [7, 11) is 1.50. The van der Waals surface area contributed by atoms with Crippen LogP contribution in [0.4, 0.5) is 10.1 Å². The van der Waals surface area contributed by atoms with E-state index in [1.807, 2.05) is 0 Å². The zero-order chi connectivity index (χ0) is 17.4. The van der Waals surface area contributed by atoms with Crippen molar-refractivity contribution >= 4 is 17.5 Å². The Morgan fingerprint density at radius 2 is 1.75 bits per heavy atom. The lowest BCUT2D eigenvalue weighted by Crippen LogP contribution is -2.29. The molecule has 6 heteroatoms. The number of ether oxygens (including phenoxy) is 1. The van der Waals surface area contributed by atoms with Gasteiger partial charge in [0.1, 0.15) is 18.0 Å². The Balaban J connectivity index is 1.78. The zero-order valence-corrected chi connectivity index (χ0v) is 13.3. The fraction of sp³-hybridized carbons (Fsp3) is 0.222. The van der Waals surface area contributed by atoms with Gasteiger partial charge in [0.15, 0.2) is 0 Å². The van der Waals surface area contributed by atoms with Crippen LogP contribution in [0, 0.1) is 5.82 Å². The molecule has 0 unspecified atom stereocenters. The molecule has 2 N–H and O–H groups in total. The number of benzene rings is 2. The maximum absolute atomic E-state index is 13.4. The number of anilines is 1. The number of halogens is 1. The highest BCUT2D eigenvalue weighted by atomic mass is 19.1. The largest absolute Gasteiger partial charge is 0.495 e. The van der Waals surface area contributed by atoms with E-state index in [4.69, 9.17) is 4.74 Å². The second-order valence-corrected chi connectivity index (χ2v) is 5.12. The minimum atomic E-state index is -0.442. The second-order valence-electron chi connectivity index (χ2n) is 5.12. The number of nitrogens with one attached hydrogen (secondary N) is 2. The van der Waals surface area contributed by atoms with Crippen LogP contribution >= 0.6 is 0 Å². The fourth-order valence-corrected chi connectivity index (χ4v) is 2.19. The summed E-state index contributed by atoms with van der Waals surface area (Å²) >= 11 is 0. The Labute approximate surface area is 139 Å². The van der Waals surface area contributed by atoms with Gasteiger partial charge in [-0.15, -0.1) is 0 Å². The summed E-state index contributed by atoms with van der Waals surface area (Å²) in [5.74, 6) is -0.645. The number of rotatable bonds is 7. The first-order valence-corrected chi connectivity index (χ1v) is 7.53. The van der Waals surface area contributed by atoms with Gasteiger partial charge in [-0.2, -0.15) is 0 Å². The summed E-state index contributed by atoms with van der Waals surface area (Å²) < 4.78 is 18.6. The Hall–Kier alpha value is -2.89. The van der Waals surface area contributed by atoms with Crippen molar-refractivity contribution in [3.63, 3.8) is 0 Å². The minimum Gasteiger partial charge on any atom is -0.495 e. The van der Waals surface area contributed by atoms with Crippen molar-refractivity contribution in [2.24, 2.45) is 0 Å². The molecule has 0 spiro atoms. The van der Waals surface area contributed by atoms with Crippen molar-refractivity contribution in [1.82, 2.24) is 5.32 Å². The SMILES string of the molecule is COc1ccccc1NC(=O)CC(=O)NCCc1ccccc1F. The molecule has 2 aromatic rings. The van der Waals surface area contributed by atoms with Gasteiger partial charge in [-0.1, -0.05) is 30.3 Å². The van der Waals surface area contributed by atoms with E-state index >= 15 is 0 Å². The molecule has 0 saturated heterocycles. The highest BCUT2D eigenvalue weighted by molar-refractivity contribution is 6.04. The third kappa shape index (κ3) is 5.08. The molecule has 2 rings (SSSR count). The molecule has 2 amide bonds. The van der Waals surface area contributed by atoms with E-state index in [-0.39, 0.29) is 18.8 Å². The van der Waals surface area contributed by atoms with E-state index in [0.717, 1.165) is 0 Å². The molecule has 126 valence electrons. The number of carbonyl (C=O) groups is 2. The van der Waals surface area contributed by atoms with E-state index in [2.05, 4.69) is 10.6 Å². The molecule has 0 atom stereocenters. The van der Waals surface area contributed by atoms with Crippen molar-refractivity contribution < 1.29 is 18.7 Å². The van der Waals surface area contributed by atoms with Crippen LogP contribution in [0.1, 0.15) is 12.0 Å². The van der Waals surface area contributed by atoms with Gasteiger partial charge in [0.25, 0.3) is 0 Å². The average molecular weight is 330 g/mol. The van der Waals surface area contributed by atoms with Gasteiger partial charge in [-0.25, -0.2) is 4.39 Å². The van der Waals surface area contributed by atoms with Gasteiger partial charge >= 0.3 is 0 Å². The zero-order valence-electron chi connectivity index (χ0n) is 13.3. The molecule has 5 nitrogen and oxygen atoms in total. The molecular formula is C18H19FN2O3. The van der Waals surface area contributed by atoms with E-state index in [0.29, 0.717) is 23.4 Å². The van der Waals surface area contributed by atoms with Gasteiger partial charge in [0, 0.05) is 6.54 Å². The quantitative estimate of drug-likeness (QED) is 0.767. The Morgan fingerprint density at radius 3 is 2.50 bits per heavy atom. The lowest BCUT2D eigenvalue weighted by Gasteiger charge is -2.10. The van der Waals surface area contributed by atoms with Gasteiger partial charge in [0.2, 0.25) is 11.8 Å². The summed E-state index contributed by atoms with van der Waals surface area (Å²) in [5, 5.41) is 5.23. The molecule has 0 bridgehead atoms. The molecule has 0 aliphatic heterocycles. The monoisotopic (exact) mass is 330 g/mol. The topological polar surface area (TPSA) is 67.4 Å². The van der Waals surface area contributed by atoms with Crippen molar-refractivity contribution in [2.75, 3.05) is 19.0 Å².